The van der Waals surface area contributed by atoms with Crippen molar-refractivity contribution < 1.29 is 14.4 Å². The average molecular weight is 222 g/mol. The summed E-state index contributed by atoms with van der Waals surface area (Å²) in [6, 6.07) is 6.91. The van der Waals surface area contributed by atoms with Gasteiger partial charge in [0.1, 0.15) is 0 Å². The number of carbonyl (C=O) groups excluding carboxylic acids is 2. The predicted molar refractivity (Wildman–Crippen MR) is 60.8 cm³/mol. The Kier molecular flexibility index (Phi) is 4.32. The monoisotopic (exact) mass is 222 g/mol. The lowest BCUT2D eigenvalue weighted by molar-refractivity contribution is -0.138. The molecule has 0 radical (unpaired) electrons. The summed E-state index contributed by atoms with van der Waals surface area (Å²) in [6.07, 6.45) is 0.418. The number of anilines is 2. The lowest BCUT2D eigenvalue weighted by atomic mass is 10.3. The highest BCUT2D eigenvalue weighted by Crippen LogP contribution is 2.15. The molecule has 0 bridgehead atoms. The van der Waals surface area contributed by atoms with Crippen molar-refractivity contribution in [1.82, 2.24) is 0 Å². The second kappa shape index (κ2) is 5.75. The lowest BCUT2D eigenvalue weighted by Gasteiger charge is -2.07. The third-order valence-corrected chi connectivity index (χ3v) is 1.78. The zero-order chi connectivity index (χ0) is 12.0. The first-order valence-corrected chi connectivity index (χ1v) is 4.95. The van der Waals surface area contributed by atoms with E-state index in [1.807, 2.05) is 0 Å². The molecule has 86 valence electrons. The molecule has 0 aliphatic heterocycles. The van der Waals surface area contributed by atoms with E-state index in [2.05, 4.69) is 15.6 Å². The topological polar surface area (TPSA) is 67.4 Å². The number of benzene rings is 1. The van der Waals surface area contributed by atoms with Gasteiger partial charge in [0.15, 0.2) is 0 Å². The van der Waals surface area contributed by atoms with Gasteiger partial charge in [-0.05, 0) is 18.2 Å². The van der Waals surface area contributed by atoms with Gasteiger partial charge in [0.2, 0.25) is 5.91 Å². The van der Waals surface area contributed by atoms with E-state index in [0.717, 1.165) is 0 Å². The largest absolute Gasteiger partial charge is 0.344 e. The Hall–Kier alpha value is -2.04. The third-order valence-electron chi connectivity index (χ3n) is 1.78. The summed E-state index contributed by atoms with van der Waals surface area (Å²) in [4.78, 5) is 26.3. The maximum atomic E-state index is 11.1. The van der Waals surface area contributed by atoms with E-state index in [1.165, 1.54) is 6.92 Å². The van der Waals surface area contributed by atoms with E-state index < -0.39 is 5.97 Å². The first-order valence-electron chi connectivity index (χ1n) is 4.95. The van der Waals surface area contributed by atoms with E-state index in [0.29, 0.717) is 17.8 Å². The summed E-state index contributed by atoms with van der Waals surface area (Å²) < 4.78 is 0. The van der Waals surface area contributed by atoms with Crippen LogP contribution in [0.2, 0.25) is 0 Å². The highest BCUT2D eigenvalue weighted by Gasteiger charge is 2.00. The fourth-order valence-corrected chi connectivity index (χ4v) is 1.04. The smallest absolute Gasteiger partial charge is 0.329 e. The van der Waals surface area contributed by atoms with Crippen LogP contribution >= 0.6 is 0 Å². The number of amides is 1. The van der Waals surface area contributed by atoms with Crippen LogP contribution in [-0.4, -0.2) is 11.9 Å². The van der Waals surface area contributed by atoms with Gasteiger partial charge in [-0.15, -0.1) is 0 Å². The van der Waals surface area contributed by atoms with Crippen LogP contribution in [0.5, 0.6) is 0 Å². The average Bonchev–Trinajstić information content (AvgIpc) is 2.26. The van der Waals surface area contributed by atoms with Gasteiger partial charge in [0.05, 0.1) is 5.69 Å². The Balaban J connectivity index is 2.63. The molecule has 1 rings (SSSR count). The quantitative estimate of drug-likeness (QED) is 0.764. The van der Waals surface area contributed by atoms with Gasteiger partial charge in [-0.3, -0.25) is 9.59 Å². The Morgan fingerprint density at radius 3 is 2.62 bits per heavy atom. The van der Waals surface area contributed by atoms with Crippen molar-refractivity contribution in [2.24, 2.45) is 0 Å². The van der Waals surface area contributed by atoms with Crippen molar-refractivity contribution >= 4 is 23.3 Å². The fourth-order valence-electron chi connectivity index (χ4n) is 1.04. The van der Waals surface area contributed by atoms with Crippen molar-refractivity contribution in [1.29, 1.82) is 0 Å². The number of rotatable bonds is 4. The number of nitrogens with one attached hydrogen (secondary N) is 2. The molecule has 5 heteroatoms. The van der Waals surface area contributed by atoms with Crippen molar-refractivity contribution in [2.45, 2.75) is 20.3 Å². The molecule has 0 atom stereocenters. The van der Waals surface area contributed by atoms with Crippen molar-refractivity contribution in [3.63, 3.8) is 0 Å². The van der Waals surface area contributed by atoms with Gasteiger partial charge >= 0.3 is 5.97 Å². The molecule has 0 aliphatic carbocycles. The standard InChI is InChI=1S/C11H14N2O3/c1-3-11(15)12-9-5-4-6-10(7-9)13-16-8(2)14/h4-7,13H,3H2,1-2H3,(H,12,15). The van der Waals surface area contributed by atoms with Gasteiger partial charge in [-0.2, -0.15) is 0 Å². The fraction of sp³-hybridized carbons (Fsp3) is 0.273. The lowest BCUT2D eigenvalue weighted by Crippen LogP contribution is -2.10. The Labute approximate surface area is 93.7 Å². The number of hydrogen-bond acceptors (Lipinski definition) is 4. The third kappa shape index (κ3) is 4.00. The summed E-state index contributed by atoms with van der Waals surface area (Å²) in [5.74, 6) is -0.493. The van der Waals surface area contributed by atoms with Crippen LogP contribution in [-0.2, 0) is 14.4 Å². The van der Waals surface area contributed by atoms with Gasteiger partial charge < -0.3 is 10.2 Å². The first-order chi connectivity index (χ1) is 7.61. The van der Waals surface area contributed by atoms with E-state index in [-0.39, 0.29) is 5.91 Å². The van der Waals surface area contributed by atoms with Crippen LogP contribution in [0.3, 0.4) is 0 Å². The minimum atomic E-state index is -0.428. The summed E-state index contributed by atoms with van der Waals surface area (Å²) in [5.41, 5.74) is 3.73. The molecule has 0 saturated heterocycles. The molecule has 0 aliphatic rings. The normalized spacial score (nSPS) is 9.38. The first kappa shape index (κ1) is 12.0. The molecule has 0 fully saturated rings. The molecule has 2 N–H and O–H groups in total. The molecule has 0 spiro atoms. The van der Waals surface area contributed by atoms with Gasteiger partial charge in [-0.25, -0.2) is 5.48 Å². The zero-order valence-electron chi connectivity index (χ0n) is 9.24. The van der Waals surface area contributed by atoms with Crippen molar-refractivity contribution in [2.75, 3.05) is 10.8 Å². The molecule has 1 amide bonds. The molecule has 5 nitrogen and oxygen atoms in total. The molecule has 0 unspecified atom stereocenters. The molecule has 0 aromatic heterocycles. The second-order valence-electron chi connectivity index (χ2n) is 3.18. The van der Waals surface area contributed by atoms with Crippen molar-refractivity contribution in [3.8, 4) is 0 Å². The van der Waals surface area contributed by atoms with Crippen LogP contribution in [0.1, 0.15) is 20.3 Å². The van der Waals surface area contributed by atoms with Gasteiger partial charge in [0.25, 0.3) is 0 Å². The summed E-state index contributed by atoms with van der Waals surface area (Å²) in [7, 11) is 0. The highest BCUT2D eigenvalue weighted by molar-refractivity contribution is 5.90. The maximum Gasteiger partial charge on any atom is 0.329 e. The van der Waals surface area contributed by atoms with E-state index in [9.17, 15) is 9.59 Å². The van der Waals surface area contributed by atoms with Gasteiger partial charge in [-0.1, -0.05) is 13.0 Å². The van der Waals surface area contributed by atoms with Gasteiger partial charge in [0, 0.05) is 19.0 Å². The van der Waals surface area contributed by atoms with Crippen LogP contribution < -0.4 is 10.8 Å². The SMILES string of the molecule is CCC(=O)Nc1cccc(NOC(C)=O)c1. The maximum absolute atomic E-state index is 11.1. The van der Waals surface area contributed by atoms with E-state index in [1.54, 1.807) is 31.2 Å². The Bertz CT molecular complexity index is 391. The summed E-state index contributed by atoms with van der Waals surface area (Å²) >= 11 is 0. The number of carbonyl (C=O) groups is 2. The van der Waals surface area contributed by atoms with Crippen LogP contribution in [0.4, 0.5) is 11.4 Å². The summed E-state index contributed by atoms with van der Waals surface area (Å²) in [6.45, 7) is 3.08. The van der Waals surface area contributed by atoms with E-state index >= 15 is 0 Å². The second-order valence-corrected chi connectivity index (χ2v) is 3.18. The molecular weight excluding hydrogens is 208 g/mol. The Morgan fingerprint density at radius 1 is 1.31 bits per heavy atom. The van der Waals surface area contributed by atoms with Crippen LogP contribution in [0, 0.1) is 0 Å². The predicted octanol–water partition coefficient (Wildman–Crippen LogP) is 1.93. The van der Waals surface area contributed by atoms with Crippen LogP contribution in [0.15, 0.2) is 24.3 Å². The minimum absolute atomic E-state index is 0.0652. The molecule has 16 heavy (non-hydrogen) atoms. The molecule has 1 aromatic carbocycles. The minimum Gasteiger partial charge on any atom is -0.344 e. The molecular formula is C11H14N2O3. The molecule has 0 heterocycles. The number of hydrogen-bond donors (Lipinski definition) is 2. The Morgan fingerprint density at radius 2 is 2.00 bits per heavy atom. The highest BCUT2D eigenvalue weighted by atomic mass is 16.7. The molecule has 1 aromatic rings. The van der Waals surface area contributed by atoms with Crippen LogP contribution in [0.25, 0.3) is 0 Å². The summed E-state index contributed by atoms with van der Waals surface area (Å²) in [5, 5.41) is 2.70. The van der Waals surface area contributed by atoms with Crippen molar-refractivity contribution in [3.05, 3.63) is 24.3 Å². The van der Waals surface area contributed by atoms with E-state index in [4.69, 9.17) is 0 Å². The zero-order valence-corrected chi connectivity index (χ0v) is 9.24. The molecule has 0 saturated carbocycles.